The highest BCUT2D eigenvalue weighted by atomic mass is 19.1. The minimum absolute atomic E-state index is 0.233. The van der Waals surface area contributed by atoms with Crippen molar-refractivity contribution in [3.63, 3.8) is 0 Å². The van der Waals surface area contributed by atoms with E-state index >= 15 is 0 Å². The average Bonchev–Trinajstić information content (AvgIpc) is 2.99. The lowest BCUT2D eigenvalue weighted by molar-refractivity contribution is -0.118. The summed E-state index contributed by atoms with van der Waals surface area (Å²) in [6.07, 6.45) is 8.07. The lowest BCUT2D eigenvalue weighted by Gasteiger charge is -2.65. The zero-order valence-corrected chi connectivity index (χ0v) is 15.8. The molecule has 4 fully saturated rings. The van der Waals surface area contributed by atoms with Gasteiger partial charge in [-0.25, -0.2) is 4.39 Å². The van der Waals surface area contributed by atoms with Gasteiger partial charge < -0.3 is 9.73 Å². The van der Waals surface area contributed by atoms with Crippen LogP contribution in [0.25, 0.3) is 11.3 Å². The largest absolute Gasteiger partial charge is 0.460 e. The van der Waals surface area contributed by atoms with E-state index in [-0.39, 0.29) is 11.4 Å². The summed E-state index contributed by atoms with van der Waals surface area (Å²) in [6.45, 7) is 5.72. The summed E-state index contributed by atoms with van der Waals surface area (Å²) in [5, 5.41) is 3.89. The molecule has 0 radical (unpaired) electrons. The van der Waals surface area contributed by atoms with E-state index in [1.165, 1.54) is 44.6 Å². The lowest BCUT2D eigenvalue weighted by atomic mass is 9.43. The van der Waals surface area contributed by atoms with Crippen LogP contribution in [0.3, 0.4) is 0 Å². The number of nitrogens with one attached hydrogen (secondary N) is 1. The van der Waals surface area contributed by atoms with Crippen molar-refractivity contribution in [2.45, 2.75) is 64.5 Å². The van der Waals surface area contributed by atoms with Gasteiger partial charge in [0.25, 0.3) is 0 Å². The molecule has 2 nitrogen and oxygen atoms in total. The molecule has 6 rings (SSSR count). The molecule has 1 heterocycles. The molecule has 1 N–H and O–H groups in total. The monoisotopic (exact) mass is 353 g/mol. The SMILES string of the molecule is C[C@]12CC3CC(NCc4ccc(-c5ccccc5F)o4)(C1)C[C@@](C)(C3)C2. The van der Waals surface area contributed by atoms with Gasteiger partial charge in [-0.1, -0.05) is 26.0 Å². The molecule has 4 aliphatic carbocycles. The Kier molecular flexibility index (Phi) is 3.47. The van der Waals surface area contributed by atoms with E-state index in [0.717, 1.165) is 18.2 Å². The maximum Gasteiger partial charge on any atom is 0.137 e. The Labute approximate surface area is 155 Å². The first-order valence-electron chi connectivity index (χ1n) is 9.95. The van der Waals surface area contributed by atoms with E-state index in [9.17, 15) is 4.39 Å². The van der Waals surface area contributed by atoms with Gasteiger partial charge in [0.15, 0.2) is 0 Å². The standard InChI is InChI=1S/C23H28FNO/c1-21-9-16-10-22(2,13-21)15-23(11-16,14-21)25-12-17-7-8-20(26-17)18-5-3-4-6-19(18)24/h3-8,16,25H,9-15H2,1-2H3/t16?,21-,22+,23?. The maximum atomic E-state index is 14.0. The Hall–Kier alpha value is -1.61. The first-order chi connectivity index (χ1) is 12.4. The van der Waals surface area contributed by atoms with Crippen LogP contribution in [0.1, 0.15) is 58.1 Å². The van der Waals surface area contributed by atoms with E-state index in [0.29, 0.717) is 22.2 Å². The van der Waals surface area contributed by atoms with Crippen LogP contribution in [-0.4, -0.2) is 5.54 Å². The van der Waals surface area contributed by atoms with Crippen molar-refractivity contribution in [1.29, 1.82) is 0 Å². The van der Waals surface area contributed by atoms with E-state index in [1.54, 1.807) is 12.1 Å². The number of furan rings is 1. The molecular weight excluding hydrogens is 325 g/mol. The first kappa shape index (κ1) is 16.6. The van der Waals surface area contributed by atoms with Gasteiger partial charge in [-0.3, -0.25) is 0 Å². The van der Waals surface area contributed by atoms with Crippen molar-refractivity contribution >= 4 is 0 Å². The van der Waals surface area contributed by atoms with Crippen LogP contribution in [0.4, 0.5) is 4.39 Å². The second kappa shape index (κ2) is 5.45. The van der Waals surface area contributed by atoms with Gasteiger partial charge in [-0.2, -0.15) is 0 Å². The molecule has 2 aromatic rings. The average molecular weight is 353 g/mol. The van der Waals surface area contributed by atoms with Gasteiger partial charge >= 0.3 is 0 Å². The maximum absolute atomic E-state index is 14.0. The first-order valence-corrected chi connectivity index (χ1v) is 9.95. The molecule has 0 amide bonds. The molecular formula is C23H28FNO. The minimum Gasteiger partial charge on any atom is -0.460 e. The highest BCUT2D eigenvalue weighted by Gasteiger charge is 2.59. The fourth-order valence-corrected chi connectivity index (χ4v) is 7.20. The van der Waals surface area contributed by atoms with Crippen LogP contribution in [0.15, 0.2) is 40.8 Å². The molecule has 138 valence electrons. The van der Waals surface area contributed by atoms with Gasteiger partial charge in [0.1, 0.15) is 17.3 Å². The summed E-state index contributed by atoms with van der Waals surface area (Å²) in [4.78, 5) is 0. The van der Waals surface area contributed by atoms with Crippen LogP contribution in [0.2, 0.25) is 0 Å². The van der Waals surface area contributed by atoms with Gasteiger partial charge in [0.05, 0.1) is 12.1 Å². The van der Waals surface area contributed by atoms with Crippen molar-refractivity contribution in [2.24, 2.45) is 16.7 Å². The molecule has 4 bridgehead atoms. The molecule has 26 heavy (non-hydrogen) atoms. The second-order valence-corrected chi connectivity index (χ2v) is 10.0. The van der Waals surface area contributed by atoms with Crippen LogP contribution in [0.5, 0.6) is 0 Å². The van der Waals surface area contributed by atoms with E-state index < -0.39 is 0 Å². The van der Waals surface area contributed by atoms with Crippen molar-refractivity contribution in [2.75, 3.05) is 0 Å². The summed E-state index contributed by atoms with van der Waals surface area (Å²) in [6, 6.07) is 10.7. The highest BCUT2D eigenvalue weighted by Crippen LogP contribution is 2.66. The lowest BCUT2D eigenvalue weighted by Crippen LogP contribution is -2.63. The summed E-state index contributed by atoms with van der Waals surface area (Å²) in [7, 11) is 0. The molecule has 1 aromatic carbocycles. The number of hydrogen-bond donors (Lipinski definition) is 1. The van der Waals surface area contributed by atoms with Gasteiger partial charge in [0.2, 0.25) is 0 Å². The third kappa shape index (κ3) is 2.72. The Balaban J connectivity index is 1.34. The van der Waals surface area contributed by atoms with E-state index in [4.69, 9.17) is 4.42 Å². The zero-order chi connectivity index (χ0) is 18.0. The highest BCUT2D eigenvalue weighted by molar-refractivity contribution is 5.58. The predicted octanol–water partition coefficient (Wildman–Crippen LogP) is 5.92. The fourth-order valence-electron chi connectivity index (χ4n) is 7.20. The Morgan fingerprint density at radius 3 is 2.42 bits per heavy atom. The topological polar surface area (TPSA) is 25.2 Å². The van der Waals surface area contributed by atoms with E-state index in [2.05, 4.69) is 19.2 Å². The molecule has 1 aromatic heterocycles. The van der Waals surface area contributed by atoms with Gasteiger partial charge in [-0.05, 0) is 79.5 Å². The number of benzene rings is 1. The molecule has 0 aliphatic heterocycles. The molecule has 4 aliphatic rings. The second-order valence-electron chi connectivity index (χ2n) is 10.0. The van der Waals surface area contributed by atoms with Gasteiger partial charge in [0, 0.05) is 5.54 Å². The Bertz CT molecular complexity index is 822. The number of hydrogen-bond acceptors (Lipinski definition) is 2. The molecule has 3 heteroatoms. The van der Waals surface area contributed by atoms with Crippen molar-refractivity contribution in [1.82, 2.24) is 5.32 Å². The molecule has 4 atom stereocenters. The van der Waals surface area contributed by atoms with Crippen LogP contribution in [0, 0.1) is 22.6 Å². The van der Waals surface area contributed by atoms with Gasteiger partial charge in [-0.15, -0.1) is 0 Å². The fraction of sp³-hybridized carbons (Fsp3) is 0.565. The number of rotatable bonds is 4. The van der Waals surface area contributed by atoms with E-state index in [1.807, 2.05) is 18.2 Å². The minimum atomic E-state index is -0.233. The Morgan fingerprint density at radius 1 is 1.00 bits per heavy atom. The quantitative estimate of drug-likeness (QED) is 0.737. The third-order valence-corrected chi connectivity index (χ3v) is 7.06. The summed E-state index contributed by atoms with van der Waals surface area (Å²) in [5.74, 6) is 2.15. The predicted molar refractivity (Wildman–Crippen MR) is 101 cm³/mol. The van der Waals surface area contributed by atoms with Crippen LogP contribution < -0.4 is 5.32 Å². The zero-order valence-electron chi connectivity index (χ0n) is 15.8. The number of halogens is 1. The van der Waals surface area contributed by atoms with Crippen molar-refractivity contribution < 1.29 is 8.81 Å². The summed E-state index contributed by atoms with van der Waals surface area (Å²) >= 11 is 0. The van der Waals surface area contributed by atoms with Crippen molar-refractivity contribution in [3.05, 3.63) is 48.0 Å². The summed E-state index contributed by atoms with van der Waals surface area (Å²) in [5.41, 5.74) is 1.80. The normalized spacial score (nSPS) is 38.0. The molecule has 0 saturated heterocycles. The van der Waals surface area contributed by atoms with Crippen LogP contribution >= 0.6 is 0 Å². The van der Waals surface area contributed by atoms with Crippen molar-refractivity contribution in [3.8, 4) is 11.3 Å². The molecule has 4 saturated carbocycles. The molecule has 2 unspecified atom stereocenters. The third-order valence-electron chi connectivity index (χ3n) is 7.06. The molecule has 0 spiro atoms. The van der Waals surface area contributed by atoms with Crippen LogP contribution in [-0.2, 0) is 6.54 Å². The summed E-state index contributed by atoms with van der Waals surface area (Å²) < 4.78 is 19.9. The smallest absolute Gasteiger partial charge is 0.137 e. The Morgan fingerprint density at radius 2 is 1.73 bits per heavy atom.